The third kappa shape index (κ3) is 56.3. The van der Waals surface area contributed by atoms with E-state index in [0.717, 1.165) is 89.9 Å². The molecule has 6 nitrogen and oxygen atoms in total. The molecule has 0 fully saturated rings. The molecule has 0 amide bonds. The summed E-state index contributed by atoms with van der Waals surface area (Å²) in [6, 6.07) is 0. The van der Waals surface area contributed by atoms with Gasteiger partial charge in [0.25, 0.3) is 0 Å². The molecular weight excluding hydrogens is 877 g/mol. The van der Waals surface area contributed by atoms with E-state index in [9.17, 15) is 14.4 Å². The van der Waals surface area contributed by atoms with Gasteiger partial charge in [-0.25, -0.2) is 0 Å². The van der Waals surface area contributed by atoms with Crippen LogP contribution in [0.15, 0.2) is 134 Å². The summed E-state index contributed by atoms with van der Waals surface area (Å²) in [7, 11) is 0. The summed E-state index contributed by atoms with van der Waals surface area (Å²) < 4.78 is 16.8. The predicted octanol–water partition coefficient (Wildman–Crippen LogP) is 19.4. The Labute approximate surface area is 436 Å². The smallest absolute Gasteiger partial charge is 0.306 e. The molecule has 0 aliphatic heterocycles. The second-order valence-corrected chi connectivity index (χ2v) is 18.5. The summed E-state index contributed by atoms with van der Waals surface area (Å²) >= 11 is 0. The van der Waals surface area contributed by atoms with Crippen LogP contribution in [0.25, 0.3) is 0 Å². The van der Waals surface area contributed by atoms with E-state index in [4.69, 9.17) is 14.2 Å². The van der Waals surface area contributed by atoms with Crippen LogP contribution < -0.4 is 0 Å². The molecule has 0 N–H and O–H groups in total. The van der Waals surface area contributed by atoms with Crippen LogP contribution in [0, 0.1) is 0 Å². The van der Waals surface area contributed by atoms with Crippen molar-refractivity contribution in [3.8, 4) is 0 Å². The van der Waals surface area contributed by atoms with Crippen molar-refractivity contribution < 1.29 is 28.6 Å². The van der Waals surface area contributed by atoms with Gasteiger partial charge in [-0.2, -0.15) is 0 Å². The fraction of sp³-hybridized carbons (Fsp3) is 0.615. The van der Waals surface area contributed by atoms with E-state index in [1.807, 2.05) is 6.08 Å². The lowest BCUT2D eigenvalue weighted by molar-refractivity contribution is -0.166. The number of rotatable bonds is 50. The van der Waals surface area contributed by atoms with Crippen molar-refractivity contribution >= 4 is 17.9 Å². The lowest BCUT2D eigenvalue weighted by Crippen LogP contribution is -2.30. The van der Waals surface area contributed by atoms with Crippen LogP contribution in [0.3, 0.4) is 0 Å². The van der Waals surface area contributed by atoms with Crippen molar-refractivity contribution in [2.24, 2.45) is 0 Å². The first kappa shape index (κ1) is 66.6. The summed E-state index contributed by atoms with van der Waals surface area (Å²) in [4.78, 5) is 38.2. The van der Waals surface area contributed by atoms with Gasteiger partial charge in [0, 0.05) is 19.3 Å². The molecule has 0 aromatic carbocycles. The van der Waals surface area contributed by atoms with Crippen LogP contribution in [0.1, 0.15) is 239 Å². The maximum atomic E-state index is 12.9. The first-order valence-electron chi connectivity index (χ1n) is 28.7. The molecule has 0 aliphatic rings. The molecule has 71 heavy (non-hydrogen) atoms. The minimum Gasteiger partial charge on any atom is -0.462 e. The van der Waals surface area contributed by atoms with Crippen molar-refractivity contribution in [1.82, 2.24) is 0 Å². The van der Waals surface area contributed by atoms with E-state index in [-0.39, 0.29) is 37.5 Å². The molecule has 6 heteroatoms. The van der Waals surface area contributed by atoms with Gasteiger partial charge in [-0.3, -0.25) is 14.4 Å². The van der Waals surface area contributed by atoms with Gasteiger partial charge in [-0.05, 0) is 103 Å². The molecule has 0 aromatic heterocycles. The Hall–Kier alpha value is -4.45. The van der Waals surface area contributed by atoms with Gasteiger partial charge in [0.15, 0.2) is 6.10 Å². The minimum atomic E-state index is -0.821. The summed E-state index contributed by atoms with van der Waals surface area (Å²) in [5, 5.41) is 0. The van der Waals surface area contributed by atoms with Gasteiger partial charge in [0.1, 0.15) is 13.2 Å². The first-order chi connectivity index (χ1) is 35.0. The monoisotopic (exact) mass is 981 g/mol. The number of carbonyl (C=O) groups excluding carboxylic acids is 3. The average molecular weight is 982 g/mol. The molecule has 0 heterocycles. The molecule has 0 saturated heterocycles. The molecule has 0 bridgehead atoms. The lowest BCUT2D eigenvalue weighted by atomic mass is 10.1. The van der Waals surface area contributed by atoms with Gasteiger partial charge in [-0.15, -0.1) is 0 Å². The number of hydrogen-bond donors (Lipinski definition) is 0. The third-order valence-corrected chi connectivity index (χ3v) is 11.7. The van der Waals surface area contributed by atoms with Crippen LogP contribution in [0.5, 0.6) is 0 Å². The highest BCUT2D eigenvalue weighted by Crippen LogP contribution is 2.14. The number of hydrogen-bond acceptors (Lipinski definition) is 6. The van der Waals surface area contributed by atoms with Gasteiger partial charge in [0.2, 0.25) is 0 Å². The van der Waals surface area contributed by atoms with Crippen LogP contribution in [0.2, 0.25) is 0 Å². The van der Waals surface area contributed by atoms with Gasteiger partial charge >= 0.3 is 17.9 Å². The maximum Gasteiger partial charge on any atom is 0.306 e. The Kier molecular flexibility index (Phi) is 54.5. The number of unbranched alkanes of at least 4 members (excludes halogenated alkanes) is 20. The number of ether oxygens (including phenoxy) is 3. The zero-order valence-electron chi connectivity index (χ0n) is 45.7. The summed E-state index contributed by atoms with van der Waals surface area (Å²) in [5.41, 5.74) is 0. The standard InChI is InChI=1S/C65H104O6/c1-4-7-10-13-16-19-22-25-28-30-32-34-37-40-43-46-49-52-55-58-64(67)70-61-62(60-69-63(66)57-54-51-48-45-42-39-36-27-24-21-18-15-12-9-6-3)71-65(68)59-56-53-50-47-44-41-38-35-33-31-29-26-23-20-17-14-11-8-5-2/h7,9-10,12,15-21,23-26,28,32,34,40,43,49,52,62H,4-6,8,11,13-14,22,27,29-31,33,35-39,41-42,44-48,50-51,53-61H2,1-3H3/b10-7-,12-9-,18-15-,19-16-,20-17-,24-21-,26-23-,28-25-,34-32-,43-40-,52-49-. The van der Waals surface area contributed by atoms with E-state index >= 15 is 0 Å². The van der Waals surface area contributed by atoms with E-state index in [0.29, 0.717) is 19.3 Å². The van der Waals surface area contributed by atoms with Crippen molar-refractivity contribution in [3.63, 3.8) is 0 Å². The Morgan fingerprint density at radius 3 is 1.08 bits per heavy atom. The highest BCUT2D eigenvalue weighted by molar-refractivity contribution is 5.71. The highest BCUT2D eigenvalue weighted by Gasteiger charge is 2.19. The van der Waals surface area contributed by atoms with Gasteiger partial charge < -0.3 is 14.2 Å². The third-order valence-electron chi connectivity index (χ3n) is 11.7. The second kappa shape index (κ2) is 58.1. The van der Waals surface area contributed by atoms with Crippen LogP contribution in [-0.4, -0.2) is 37.2 Å². The fourth-order valence-corrected chi connectivity index (χ4v) is 7.46. The second-order valence-electron chi connectivity index (χ2n) is 18.5. The van der Waals surface area contributed by atoms with Crippen LogP contribution in [-0.2, 0) is 28.6 Å². The Balaban J connectivity index is 4.53. The van der Waals surface area contributed by atoms with Crippen molar-refractivity contribution in [1.29, 1.82) is 0 Å². The molecule has 0 spiro atoms. The minimum absolute atomic E-state index is 0.113. The van der Waals surface area contributed by atoms with E-state index < -0.39 is 6.10 Å². The molecule has 0 aliphatic carbocycles. The quantitative estimate of drug-likeness (QED) is 0.0199. The van der Waals surface area contributed by atoms with E-state index in [1.54, 1.807) is 0 Å². The number of esters is 3. The lowest BCUT2D eigenvalue weighted by Gasteiger charge is -2.18. The first-order valence-corrected chi connectivity index (χ1v) is 28.7. The molecule has 0 rings (SSSR count). The van der Waals surface area contributed by atoms with E-state index in [2.05, 4.69) is 148 Å². The molecule has 1 atom stereocenters. The van der Waals surface area contributed by atoms with Gasteiger partial charge in [-0.1, -0.05) is 251 Å². The molecular formula is C65H104O6. The number of carbonyl (C=O) groups is 3. The number of allylic oxidation sites excluding steroid dienone is 22. The van der Waals surface area contributed by atoms with Crippen molar-refractivity contribution in [2.45, 2.75) is 245 Å². The Bertz CT molecular complexity index is 1550. The normalized spacial score (nSPS) is 13.1. The summed E-state index contributed by atoms with van der Waals surface area (Å²) in [6.07, 6.45) is 81.6. The zero-order valence-corrected chi connectivity index (χ0v) is 45.7. The molecule has 0 aromatic rings. The molecule has 400 valence electrons. The van der Waals surface area contributed by atoms with Crippen molar-refractivity contribution in [3.05, 3.63) is 134 Å². The Morgan fingerprint density at radius 1 is 0.310 bits per heavy atom. The fourth-order valence-electron chi connectivity index (χ4n) is 7.46. The summed E-state index contributed by atoms with van der Waals surface area (Å²) in [6.45, 7) is 6.29. The van der Waals surface area contributed by atoms with Crippen molar-refractivity contribution in [2.75, 3.05) is 13.2 Å². The summed E-state index contributed by atoms with van der Waals surface area (Å²) in [5.74, 6) is -1.02. The highest BCUT2D eigenvalue weighted by atomic mass is 16.6. The van der Waals surface area contributed by atoms with Crippen LogP contribution in [0.4, 0.5) is 0 Å². The predicted molar refractivity (Wildman–Crippen MR) is 306 cm³/mol. The molecule has 0 saturated carbocycles. The zero-order chi connectivity index (χ0) is 51.4. The largest absolute Gasteiger partial charge is 0.462 e. The molecule has 1 unspecified atom stereocenters. The van der Waals surface area contributed by atoms with E-state index in [1.165, 1.54) is 103 Å². The topological polar surface area (TPSA) is 78.9 Å². The van der Waals surface area contributed by atoms with Gasteiger partial charge in [0.05, 0.1) is 0 Å². The Morgan fingerprint density at radius 2 is 0.648 bits per heavy atom. The molecule has 0 radical (unpaired) electrons. The SMILES string of the molecule is CC\C=C/C=C\C=C/CCCCCCCCCC(=O)OCC(COC(=O)CC/C=C\C/C=C\C/C=C\C/C=C\C/C=C\C/C=C\CC)OC(=O)CCCCCCCCCCCC/C=C\C=C/CCCCC. The maximum absolute atomic E-state index is 12.9. The van der Waals surface area contributed by atoms with Crippen LogP contribution >= 0.6 is 0 Å². The average Bonchev–Trinajstić information content (AvgIpc) is 3.37.